The van der Waals surface area contributed by atoms with E-state index in [1.165, 1.54) is 18.6 Å². The maximum atomic E-state index is 2.30. The van der Waals surface area contributed by atoms with Gasteiger partial charge in [-0.1, -0.05) is 12.2 Å². The summed E-state index contributed by atoms with van der Waals surface area (Å²) in [6, 6.07) is 0. The van der Waals surface area contributed by atoms with Gasteiger partial charge in [-0.15, -0.1) is 0 Å². The van der Waals surface area contributed by atoms with Crippen LogP contribution in [0.5, 0.6) is 0 Å². The summed E-state index contributed by atoms with van der Waals surface area (Å²) in [5.41, 5.74) is 0. The number of thioether (sulfide) groups is 1. The molecule has 0 aromatic heterocycles. The van der Waals surface area contributed by atoms with Gasteiger partial charge in [0.2, 0.25) is 0 Å². The van der Waals surface area contributed by atoms with Crippen molar-refractivity contribution in [3.05, 3.63) is 12.2 Å². The van der Waals surface area contributed by atoms with Crippen molar-refractivity contribution in [3.63, 3.8) is 0 Å². The second-order valence-electron chi connectivity index (χ2n) is 2.08. The van der Waals surface area contributed by atoms with Crippen LogP contribution in [0.15, 0.2) is 12.2 Å². The van der Waals surface area contributed by atoms with Crippen LogP contribution in [0.25, 0.3) is 0 Å². The highest BCUT2D eigenvalue weighted by atomic mass is 32.2. The maximum Gasteiger partial charge on any atom is 0.0227 e. The third-order valence-electron chi connectivity index (χ3n) is 1.37. The fourth-order valence-electron chi connectivity index (χ4n) is 0.969. The molecule has 0 amide bonds. The highest BCUT2D eigenvalue weighted by Crippen LogP contribution is 2.26. The quantitative estimate of drug-likeness (QED) is 0.489. The van der Waals surface area contributed by atoms with E-state index in [9.17, 15) is 0 Å². The van der Waals surface area contributed by atoms with E-state index in [-0.39, 0.29) is 0 Å². The van der Waals surface area contributed by atoms with Gasteiger partial charge in [-0.3, -0.25) is 0 Å². The minimum atomic E-state index is 0.847. The van der Waals surface area contributed by atoms with Crippen molar-refractivity contribution in [3.8, 4) is 0 Å². The predicted molar refractivity (Wildman–Crippen MR) is 40.3 cm³/mol. The first kappa shape index (κ1) is 6.21. The van der Waals surface area contributed by atoms with E-state index in [4.69, 9.17) is 0 Å². The average molecular weight is 128 g/mol. The highest BCUT2D eigenvalue weighted by molar-refractivity contribution is 8.00. The summed E-state index contributed by atoms with van der Waals surface area (Å²) in [6.45, 7) is 2.10. The van der Waals surface area contributed by atoms with Crippen LogP contribution in [0.4, 0.5) is 0 Å². The molecule has 1 heteroatoms. The summed E-state index contributed by atoms with van der Waals surface area (Å²) >= 11 is 2.08. The Morgan fingerprint density at radius 1 is 1.62 bits per heavy atom. The molecule has 0 N–H and O–H groups in total. The molecule has 0 saturated carbocycles. The topological polar surface area (TPSA) is 0 Å². The lowest BCUT2D eigenvalue weighted by molar-refractivity contribution is 0.880. The molecule has 46 valence electrons. The van der Waals surface area contributed by atoms with Gasteiger partial charge in [0.15, 0.2) is 0 Å². The van der Waals surface area contributed by atoms with Crippen LogP contribution in [0.2, 0.25) is 0 Å². The molecule has 1 rings (SSSR count). The zero-order chi connectivity index (χ0) is 5.82. The Balaban J connectivity index is 2.24. The van der Waals surface area contributed by atoms with E-state index in [0.717, 1.165) is 5.25 Å². The van der Waals surface area contributed by atoms with Gasteiger partial charge in [-0.25, -0.2) is 0 Å². The first-order chi connectivity index (χ1) is 3.93. The Morgan fingerprint density at radius 2 is 2.50 bits per heavy atom. The zero-order valence-corrected chi connectivity index (χ0v) is 6.08. The molecule has 1 aliphatic rings. The Kier molecular flexibility index (Phi) is 2.47. The normalized spacial score (nSPS) is 29.9. The number of rotatable bonds is 1. The van der Waals surface area contributed by atoms with E-state index in [0.29, 0.717) is 0 Å². The second-order valence-corrected chi connectivity index (χ2v) is 3.42. The third-order valence-corrected chi connectivity index (χ3v) is 2.72. The molecule has 1 aliphatic heterocycles. The Labute approximate surface area is 55.4 Å². The molecule has 0 spiro atoms. The second kappa shape index (κ2) is 3.18. The summed E-state index contributed by atoms with van der Waals surface area (Å²) in [7, 11) is 0. The zero-order valence-electron chi connectivity index (χ0n) is 5.26. The van der Waals surface area contributed by atoms with Crippen molar-refractivity contribution in [2.45, 2.75) is 25.0 Å². The molecular formula is C7H12S. The molecule has 0 aromatic rings. The van der Waals surface area contributed by atoms with Crippen molar-refractivity contribution in [2.75, 3.05) is 5.75 Å². The molecule has 0 bridgehead atoms. The summed E-state index contributed by atoms with van der Waals surface area (Å²) in [4.78, 5) is 0. The fourth-order valence-corrected chi connectivity index (χ4v) is 2.21. The van der Waals surface area contributed by atoms with Gasteiger partial charge in [0.05, 0.1) is 0 Å². The molecular weight excluding hydrogens is 116 g/mol. The van der Waals surface area contributed by atoms with E-state index in [1.54, 1.807) is 0 Å². The highest BCUT2D eigenvalue weighted by Gasteiger charge is 2.10. The first-order valence-electron chi connectivity index (χ1n) is 3.18. The van der Waals surface area contributed by atoms with Crippen LogP contribution in [0.3, 0.4) is 0 Å². The van der Waals surface area contributed by atoms with Gasteiger partial charge in [0.1, 0.15) is 0 Å². The predicted octanol–water partition coefficient (Wildman–Crippen LogP) is 2.46. The van der Waals surface area contributed by atoms with Crippen LogP contribution in [-0.4, -0.2) is 11.0 Å². The summed E-state index contributed by atoms with van der Waals surface area (Å²) in [5.74, 6) is 1.37. The smallest absolute Gasteiger partial charge is 0.0227 e. The van der Waals surface area contributed by atoms with E-state index >= 15 is 0 Å². The molecule has 1 heterocycles. The molecule has 0 aliphatic carbocycles. The fraction of sp³-hybridized carbons (Fsp3) is 0.714. The lowest BCUT2D eigenvalue weighted by Gasteiger charge is -1.96. The minimum Gasteiger partial charge on any atom is -0.154 e. The van der Waals surface area contributed by atoms with Gasteiger partial charge in [0, 0.05) is 5.25 Å². The number of hydrogen-bond donors (Lipinski definition) is 0. The number of hydrogen-bond acceptors (Lipinski definition) is 1. The third kappa shape index (κ3) is 1.55. The Hall–Kier alpha value is 0.0900. The molecule has 0 aromatic carbocycles. The van der Waals surface area contributed by atoms with Crippen molar-refractivity contribution in [2.24, 2.45) is 0 Å². The Bertz CT molecular complexity index is 80.4. The van der Waals surface area contributed by atoms with Crippen molar-refractivity contribution in [1.82, 2.24) is 0 Å². The van der Waals surface area contributed by atoms with Gasteiger partial charge in [0.25, 0.3) is 0 Å². The molecule has 1 atom stereocenters. The molecule has 0 unspecified atom stereocenters. The lowest BCUT2D eigenvalue weighted by atomic mass is 10.2. The van der Waals surface area contributed by atoms with Crippen molar-refractivity contribution >= 4 is 11.8 Å². The van der Waals surface area contributed by atoms with Crippen LogP contribution >= 0.6 is 11.8 Å². The molecule has 0 nitrogen and oxygen atoms in total. The van der Waals surface area contributed by atoms with Crippen LogP contribution < -0.4 is 0 Å². The van der Waals surface area contributed by atoms with Crippen LogP contribution in [0.1, 0.15) is 19.8 Å². The van der Waals surface area contributed by atoms with Gasteiger partial charge in [-0.2, -0.15) is 11.8 Å². The summed E-state index contributed by atoms with van der Waals surface area (Å²) in [5, 5.41) is 0.847. The summed E-state index contributed by atoms with van der Waals surface area (Å²) in [6.07, 6.45) is 7.27. The van der Waals surface area contributed by atoms with Crippen LogP contribution in [-0.2, 0) is 0 Å². The maximum absolute atomic E-state index is 2.30. The Morgan fingerprint density at radius 3 is 3.00 bits per heavy atom. The van der Waals surface area contributed by atoms with E-state index in [1.807, 2.05) is 0 Å². The van der Waals surface area contributed by atoms with E-state index < -0.39 is 0 Å². The molecule has 8 heavy (non-hydrogen) atoms. The SMILES string of the molecule is C/C=C/[C@@H]1CCCS1. The van der Waals surface area contributed by atoms with Crippen molar-refractivity contribution in [1.29, 1.82) is 0 Å². The summed E-state index contributed by atoms with van der Waals surface area (Å²) < 4.78 is 0. The van der Waals surface area contributed by atoms with Gasteiger partial charge < -0.3 is 0 Å². The largest absolute Gasteiger partial charge is 0.154 e. The number of allylic oxidation sites excluding steroid dienone is 1. The molecule has 0 radical (unpaired) electrons. The first-order valence-corrected chi connectivity index (χ1v) is 4.23. The monoisotopic (exact) mass is 128 g/mol. The molecule has 1 fully saturated rings. The molecule has 1 saturated heterocycles. The average Bonchev–Trinajstić information content (AvgIpc) is 2.19. The van der Waals surface area contributed by atoms with E-state index in [2.05, 4.69) is 30.8 Å². The van der Waals surface area contributed by atoms with Gasteiger partial charge in [-0.05, 0) is 25.5 Å². The van der Waals surface area contributed by atoms with Gasteiger partial charge >= 0.3 is 0 Å². The van der Waals surface area contributed by atoms with Crippen LogP contribution in [0, 0.1) is 0 Å². The standard InChI is InChI=1S/C7H12S/c1-2-4-7-5-3-6-8-7/h2,4,7H,3,5-6H2,1H3/b4-2+/t7-/m1/s1. The minimum absolute atomic E-state index is 0.847. The lowest BCUT2D eigenvalue weighted by Crippen LogP contribution is -1.86. The van der Waals surface area contributed by atoms with Crippen molar-refractivity contribution < 1.29 is 0 Å².